The van der Waals surface area contributed by atoms with Crippen LogP contribution >= 0.6 is 0 Å². The SMILES string of the molecule is CCOC(=O)/C=C/C(CO[Si](C)(C)C(C)(C)C)CO[Si](C)(C)C(C)(C)C. The van der Waals surface area contributed by atoms with E-state index in [4.69, 9.17) is 13.6 Å². The molecule has 0 amide bonds. The van der Waals surface area contributed by atoms with Gasteiger partial charge in [-0.15, -0.1) is 0 Å². The Kier molecular flexibility index (Phi) is 9.50. The average molecular weight is 403 g/mol. The second-order valence-corrected chi connectivity index (χ2v) is 19.6. The predicted octanol–water partition coefficient (Wildman–Crippen LogP) is 5.77. The normalized spacial score (nSPS) is 14.3. The second-order valence-electron chi connectivity index (χ2n) is 10.0. The number of carbonyl (C=O) groups is 1. The van der Waals surface area contributed by atoms with Crippen molar-refractivity contribution in [2.45, 2.75) is 84.7 Å². The molecule has 0 aliphatic rings. The molecule has 0 spiro atoms. The third-order valence-corrected chi connectivity index (χ3v) is 14.7. The monoisotopic (exact) mass is 402 g/mol. The summed E-state index contributed by atoms with van der Waals surface area (Å²) in [6.07, 6.45) is 3.40. The molecule has 0 atom stereocenters. The lowest BCUT2D eigenvalue weighted by Gasteiger charge is -2.39. The Morgan fingerprint density at radius 1 is 0.885 bits per heavy atom. The third-order valence-electron chi connectivity index (χ3n) is 5.72. The van der Waals surface area contributed by atoms with Gasteiger partial charge in [-0.05, 0) is 43.2 Å². The zero-order valence-electron chi connectivity index (χ0n) is 19.0. The minimum Gasteiger partial charge on any atom is -0.463 e. The summed E-state index contributed by atoms with van der Waals surface area (Å²) in [4.78, 5) is 11.7. The van der Waals surface area contributed by atoms with E-state index in [0.717, 1.165) is 0 Å². The van der Waals surface area contributed by atoms with E-state index in [1.54, 1.807) is 0 Å². The Bertz CT molecular complexity index is 441. The number of hydrogen-bond donors (Lipinski definition) is 0. The molecule has 0 N–H and O–H groups in total. The lowest BCUT2D eigenvalue weighted by molar-refractivity contribution is -0.137. The van der Waals surface area contributed by atoms with Gasteiger partial charge in [0, 0.05) is 25.2 Å². The summed E-state index contributed by atoms with van der Waals surface area (Å²) in [5.74, 6) is -0.264. The topological polar surface area (TPSA) is 44.8 Å². The summed E-state index contributed by atoms with van der Waals surface area (Å²) < 4.78 is 17.7. The fourth-order valence-corrected chi connectivity index (χ4v) is 3.76. The van der Waals surface area contributed by atoms with Gasteiger partial charge in [0.2, 0.25) is 0 Å². The highest BCUT2D eigenvalue weighted by atomic mass is 28.4. The molecule has 0 saturated heterocycles. The Morgan fingerprint density at radius 3 is 1.58 bits per heavy atom. The van der Waals surface area contributed by atoms with E-state index in [1.165, 1.54) is 6.08 Å². The zero-order chi connectivity index (χ0) is 20.8. The van der Waals surface area contributed by atoms with E-state index >= 15 is 0 Å². The largest absolute Gasteiger partial charge is 0.463 e. The molecule has 0 aromatic heterocycles. The van der Waals surface area contributed by atoms with Crippen LogP contribution in [0, 0.1) is 5.92 Å². The molecule has 0 saturated carbocycles. The molecule has 0 aromatic rings. The van der Waals surface area contributed by atoms with Gasteiger partial charge in [-0.2, -0.15) is 0 Å². The van der Waals surface area contributed by atoms with Crippen molar-refractivity contribution in [1.82, 2.24) is 0 Å². The van der Waals surface area contributed by atoms with Gasteiger partial charge in [0.25, 0.3) is 0 Å². The first kappa shape index (κ1) is 25.6. The third kappa shape index (κ3) is 8.50. The molecule has 0 fully saturated rings. The fourth-order valence-electron chi connectivity index (χ4n) is 1.63. The molecular weight excluding hydrogens is 360 g/mol. The van der Waals surface area contributed by atoms with Crippen LogP contribution in [-0.4, -0.2) is 42.4 Å². The van der Waals surface area contributed by atoms with E-state index in [0.29, 0.717) is 19.8 Å². The highest BCUT2D eigenvalue weighted by Crippen LogP contribution is 2.38. The Labute approximate surface area is 163 Å². The van der Waals surface area contributed by atoms with Crippen LogP contribution in [0.15, 0.2) is 12.2 Å². The Hall–Kier alpha value is -0.436. The van der Waals surface area contributed by atoms with E-state index in [1.807, 2.05) is 13.0 Å². The van der Waals surface area contributed by atoms with Gasteiger partial charge >= 0.3 is 5.97 Å². The first-order valence-corrected chi connectivity index (χ1v) is 15.5. The summed E-state index contributed by atoms with van der Waals surface area (Å²) in [5.41, 5.74) is 0. The summed E-state index contributed by atoms with van der Waals surface area (Å²) in [7, 11) is -3.69. The van der Waals surface area contributed by atoms with Crippen molar-refractivity contribution < 1.29 is 18.4 Å². The van der Waals surface area contributed by atoms with Gasteiger partial charge in [-0.3, -0.25) is 0 Å². The van der Waals surface area contributed by atoms with Crippen molar-refractivity contribution in [2.24, 2.45) is 5.92 Å². The van der Waals surface area contributed by atoms with Crippen molar-refractivity contribution in [3.05, 3.63) is 12.2 Å². The van der Waals surface area contributed by atoms with Crippen molar-refractivity contribution in [1.29, 1.82) is 0 Å². The van der Waals surface area contributed by atoms with Gasteiger partial charge in [0.15, 0.2) is 16.6 Å². The number of ether oxygens (including phenoxy) is 1. The van der Waals surface area contributed by atoms with Crippen LogP contribution in [0.4, 0.5) is 0 Å². The standard InChI is InChI=1S/C20H42O4Si2/c1-12-22-18(21)14-13-17(15-23-25(8,9)19(2,3)4)16-24-26(10,11)20(5,6)7/h13-14,17H,12,15-16H2,1-11H3/b14-13+. The molecule has 0 bridgehead atoms. The van der Waals surface area contributed by atoms with Gasteiger partial charge in [-0.25, -0.2) is 4.79 Å². The fraction of sp³-hybridized carbons (Fsp3) is 0.850. The van der Waals surface area contributed by atoms with Crippen LogP contribution < -0.4 is 0 Å². The van der Waals surface area contributed by atoms with Crippen molar-refractivity contribution in [3.63, 3.8) is 0 Å². The van der Waals surface area contributed by atoms with Crippen LogP contribution in [0.2, 0.25) is 36.3 Å². The lowest BCUT2D eigenvalue weighted by Crippen LogP contribution is -2.44. The smallest absolute Gasteiger partial charge is 0.330 e. The lowest BCUT2D eigenvalue weighted by atomic mass is 10.1. The maximum absolute atomic E-state index is 11.7. The van der Waals surface area contributed by atoms with E-state index in [2.05, 4.69) is 67.7 Å². The molecule has 6 heteroatoms. The van der Waals surface area contributed by atoms with Crippen LogP contribution in [0.5, 0.6) is 0 Å². The first-order valence-electron chi connectivity index (χ1n) is 9.66. The number of esters is 1. The van der Waals surface area contributed by atoms with Gasteiger partial charge in [-0.1, -0.05) is 47.6 Å². The average Bonchev–Trinajstić information content (AvgIpc) is 2.44. The van der Waals surface area contributed by atoms with Gasteiger partial charge in [0.05, 0.1) is 6.61 Å². The molecule has 0 aliphatic carbocycles. The van der Waals surface area contributed by atoms with Gasteiger partial charge < -0.3 is 13.6 Å². The maximum atomic E-state index is 11.7. The molecule has 0 heterocycles. The van der Waals surface area contributed by atoms with Crippen LogP contribution in [0.1, 0.15) is 48.5 Å². The van der Waals surface area contributed by atoms with E-state index in [9.17, 15) is 4.79 Å². The van der Waals surface area contributed by atoms with Gasteiger partial charge in [0.1, 0.15) is 0 Å². The molecule has 0 rings (SSSR count). The predicted molar refractivity (Wildman–Crippen MR) is 116 cm³/mol. The molecule has 4 nitrogen and oxygen atoms in total. The number of carbonyl (C=O) groups excluding carboxylic acids is 1. The van der Waals surface area contributed by atoms with Crippen LogP contribution in [0.25, 0.3) is 0 Å². The summed E-state index contributed by atoms with van der Waals surface area (Å²) in [6, 6.07) is 0. The highest BCUT2D eigenvalue weighted by Gasteiger charge is 2.39. The van der Waals surface area contributed by atoms with Crippen molar-refractivity contribution in [2.75, 3.05) is 19.8 Å². The van der Waals surface area contributed by atoms with E-state index < -0.39 is 16.6 Å². The molecule has 0 aliphatic heterocycles. The molecule has 154 valence electrons. The second kappa shape index (κ2) is 9.67. The first-order chi connectivity index (χ1) is 11.5. The minimum absolute atomic E-state index is 0.0441. The molecule has 0 radical (unpaired) electrons. The molecule has 0 aromatic carbocycles. The van der Waals surface area contributed by atoms with E-state index in [-0.39, 0.29) is 22.0 Å². The number of hydrogen-bond acceptors (Lipinski definition) is 4. The van der Waals surface area contributed by atoms with Crippen LogP contribution in [-0.2, 0) is 18.4 Å². The Morgan fingerprint density at radius 2 is 1.27 bits per heavy atom. The quantitative estimate of drug-likeness (QED) is 0.279. The highest BCUT2D eigenvalue weighted by molar-refractivity contribution is 6.74. The maximum Gasteiger partial charge on any atom is 0.330 e. The Balaban J connectivity index is 5.11. The van der Waals surface area contributed by atoms with Crippen molar-refractivity contribution in [3.8, 4) is 0 Å². The molecular formula is C20H42O4Si2. The minimum atomic E-state index is -1.84. The van der Waals surface area contributed by atoms with Crippen LogP contribution in [0.3, 0.4) is 0 Å². The number of rotatable bonds is 9. The molecule has 0 unspecified atom stereocenters. The molecule has 26 heavy (non-hydrogen) atoms. The summed E-state index contributed by atoms with van der Waals surface area (Å²) in [6.45, 7) is 25.7. The van der Waals surface area contributed by atoms with Crippen molar-refractivity contribution >= 4 is 22.6 Å². The summed E-state index contributed by atoms with van der Waals surface area (Å²) in [5, 5.41) is 0.311. The summed E-state index contributed by atoms with van der Waals surface area (Å²) >= 11 is 0. The zero-order valence-corrected chi connectivity index (χ0v) is 21.0.